The summed E-state index contributed by atoms with van der Waals surface area (Å²) in [5.41, 5.74) is 2.44. The van der Waals surface area contributed by atoms with Crippen LogP contribution in [0.15, 0.2) is 48.5 Å². The summed E-state index contributed by atoms with van der Waals surface area (Å²) in [5, 5.41) is 0. The van der Waals surface area contributed by atoms with E-state index in [1.165, 1.54) is 11.8 Å². The summed E-state index contributed by atoms with van der Waals surface area (Å²) in [6.45, 7) is 6.03. The molecule has 8 nitrogen and oxygen atoms in total. The van der Waals surface area contributed by atoms with Gasteiger partial charge in [-0.25, -0.2) is 0 Å². The van der Waals surface area contributed by atoms with Crippen LogP contribution < -0.4 is 14.5 Å². The number of thioether (sulfide) groups is 1. The summed E-state index contributed by atoms with van der Waals surface area (Å²) in [7, 11) is 0. The molecule has 2 spiro atoms. The Morgan fingerprint density at radius 1 is 1.00 bits per heavy atom. The zero-order valence-corrected chi connectivity index (χ0v) is 21.3. The average Bonchev–Trinajstić information content (AvgIpc) is 3.57. The molecule has 2 aromatic rings. The number of hydrogen-bond donors (Lipinski definition) is 0. The van der Waals surface area contributed by atoms with Crippen molar-refractivity contribution >= 4 is 35.0 Å². The Hall–Kier alpha value is -2.59. The lowest BCUT2D eigenvalue weighted by Crippen LogP contribution is -2.53. The van der Waals surface area contributed by atoms with E-state index in [1.807, 2.05) is 53.4 Å². The Bertz CT molecular complexity index is 1140. The zero-order chi connectivity index (χ0) is 24.8. The van der Waals surface area contributed by atoms with E-state index in [4.69, 9.17) is 14.2 Å². The van der Waals surface area contributed by atoms with Gasteiger partial charge in [-0.05, 0) is 36.8 Å². The molecule has 3 saturated heterocycles. The number of para-hydroxylation sites is 1. The van der Waals surface area contributed by atoms with E-state index in [0.29, 0.717) is 32.2 Å². The topological polar surface area (TPSA) is 71.6 Å². The van der Waals surface area contributed by atoms with Crippen molar-refractivity contribution in [3.05, 3.63) is 54.1 Å². The van der Waals surface area contributed by atoms with Crippen LogP contribution in [0.5, 0.6) is 5.75 Å². The molecule has 0 bridgehead atoms. The van der Waals surface area contributed by atoms with Crippen LogP contribution >= 0.6 is 11.8 Å². The van der Waals surface area contributed by atoms with Gasteiger partial charge in [-0.3, -0.25) is 24.3 Å². The number of anilines is 2. The molecular formula is C27H31N3O5S. The lowest BCUT2D eigenvalue weighted by Gasteiger charge is -2.39. The molecule has 4 aliphatic heterocycles. The minimum Gasteiger partial charge on any atom is -0.494 e. The van der Waals surface area contributed by atoms with Crippen LogP contribution in [0.1, 0.15) is 31.7 Å². The maximum atomic E-state index is 14.3. The molecule has 3 fully saturated rings. The number of fused-ring (bicyclic) bond motifs is 2. The third-order valence-corrected chi connectivity index (χ3v) is 8.79. The standard InChI is InChI=1S/C27H31N3O5S/c1-2-15-33-21-9-7-20(8-10-21)30-24(31)18-36-27(30)22-5-3-4-6-23(22)29(25(27)32)19-28-13-11-26(12-14-28)34-16-17-35-26/h3-10H,2,11-19H2,1H3. The van der Waals surface area contributed by atoms with E-state index in [2.05, 4.69) is 11.8 Å². The lowest BCUT2D eigenvalue weighted by molar-refractivity contribution is -0.185. The van der Waals surface area contributed by atoms with Crippen LogP contribution in [0.4, 0.5) is 11.4 Å². The maximum absolute atomic E-state index is 14.3. The molecule has 0 saturated carbocycles. The zero-order valence-electron chi connectivity index (χ0n) is 20.5. The highest BCUT2D eigenvalue weighted by molar-refractivity contribution is 8.02. The Morgan fingerprint density at radius 3 is 2.44 bits per heavy atom. The monoisotopic (exact) mass is 509 g/mol. The first-order valence-electron chi connectivity index (χ1n) is 12.7. The quantitative estimate of drug-likeness (QED) is 0.590. The van der Waals surface area contributed by atoms with E-state index in [-0.39, 0.29) is 17.6 Å². The van der Waals surface area contributed by atoms with Crippen molar-refractivity contribution in [3.8, 4) is 5.75 Å². The number of hydrogen-bond acceptors (Lipinski definition) is 7. The molecule has 0 aromatic heterocycles. The summed E-state index contributed by atoms with van der Waals surface area (Å²) < 4.78 is 17.5. The molecule has 0 radical (unpaired) electrons. The van der Waals surface area contributed by atoms with E-state index >= 15 is 0 Å². The highest BCUT2D eigenvalue weighted by Gasteiger charge is 2.61. The molecule has 4 heterocycles. The highest BCUT2D eigenvalue weighted by Crippen LogP contribution is 2.55. The Labute approximate surface area is 215 Å². The molecule has 0 aliphatic carbocycles. The van der Waals surface area contributed by atoms with E-state index in [0.717, 1.165) is 49.4 Å². The largest absolute Gasteiger partial charge is 0.494 e. The van der Waals surface area contributed by atoms with E-state index in [1.54, 1.807) is 4.90 Å². The fourth-order valence-corrected chi connectivity index (χ4v) is 6.99. The van der Waals surface area contributed by atoms with Gasteiger partial charge in [-0.1, -0.05) is 25.1 Å². The Kier molecular flexibility index (Phi) is 6.19. The second kappa shape index (κ2) is 9.37. The van der Waals surface area contributed by atoms with Crippen LogP contribution in [-0.4, -0.2) is 67.8 Å². The first kappa shape index (κ1) is 23.8. The van der Waals surface area contributed by atoms with Gasteiger partial charge in [0.15, 0.2) is 5.79 Å². The first-order valence-corrected chi connectivity index (χ1v) is 13.7. The Balaban J connectivity index is 1.29. The van der Waals surface area contributed by atoms with Crippen molar-refractivity contribution in [2.75, 3.05) is 55.1 Å². The van der Waals surface area contributed by atoms with Gasteiger partial charge >= 0.3 is 0 Å². The maximum Gasteiger partial charge on any atom is 0.269 e. The van der Waals surface area contributed by atoms with Crippen molar-refractivity contribution in [1.29, 1.82) is 0 Å². The fourth-order valence-electron chi connectivity index (χ4n) is 5.63. The van der Waals surface area contributed by atoms with Crippen molar-refractivity contribution < 1.29 is 23.8 Å². The number of carbonyl (C=O) groups is 2. The summed E-state index contributed by atoms with van der Waals surface area (Å²) in [6, 6.07) is 15.4. The molecule has 1 atom stereocenters. The van der Waals surface area contributed by atoms with Gasteiger partial charge in [0, 0.05) is 37.2 Å². The number of nitrogens with zero attached hydrogens (tertiary/aromatic N) is 3. The smallest absolute Gasteiger partial charge is 0.269 e. The normalized spacial score (nSPS) is 25.4. The molecule has 1 unspecified atom stereocenters. The van der Waals surface area contributed by atoms with Crippen LogP contribution in [0.25, 0.3) is 0 Å². The van der Waals surface area contributed by atoms with Gasteiger partial charge in [0.25, 0.3) is 5.91 Å². The highest BCUT2D eigenvalue weighted by atomic mass is 32.2. The Morgan fingerprint density at radius 2 is 1.72 bits per heavy atom. The molecule has 2 aromatic carbocycles. The van der Waals surface area contributed by atoms with Crippen LogP contribution in [-0.2, 0) is 23.9 Å². The van der Waals surface area contributed by atoms with Crippen molar-refractivity contribution in [2.45, 2.75) is 36.8 Å². The molecule has 2 amide bonds. The van der Waals surface area contributed by atoms with Crippen LogP contribution in [0.2, 0.25) is 0 Å². The predicted molar refractivity (Wildman–Crippen MR) is 138 cm³/mol. The van der Waals surface area contributed by atoms with E-state index < -0.39 is 10.7 Å². The van der Waals surface area contributed by atoms with Crippen LogP contribution in [0, 0.1) is 0 Å². The van der Waals surface area contributed by atoms with Crippen molar-refractivity contribution in [2.24, 2.45) is 0 Å². The third-order valence-electron chi connectivity index (χ3n) is 7.40. The lowest BCUT2D eigenvalue weighted by atomic mass is 10.0. The summed E-state index contributed by atoms with van der Waals surface area (Å²) in [6.07, 6.45) is 2.49. The summed E-state index contributed by atoms with van der Waals surface area (Å²) in [5.74, 6) is 0.416. The molecular weight excluding hydrogens is 478 g/mol. The fraction of sp³-hybridized carbons (Fsp3) is 0.481. The number of ether oxygens (including phenoxy) is 3. The molecule has 9 heteroatoms. The van der Waals surface area contributed by atoms with E-state index in [9.17, 15) is 9.59 Å². The molecule has 36 heavy (non-hydrogen) atoms. The second-order valence-corrected chi connectivity index (χ2v) is 10.8. The minimum absolute atomic E-state index is 0.0670. The number of likely N-dealkylation sites (tertiary alicyclic amines) is 1. The summed E-state index contributed by atoms with van der Waals surface area (Å²) >= 11 is 1.41. The van der Waals surface area contributed by atoms with Gasteiger partial charge in [0.2, 0.25) is 10.8 Å². The van der Waals surface area contributed by atoms with Gasteiger partial charge in [0.1, 0.15) is 5.75 Å². The third kappa shape index (κ3) is 3.80. The number of carbonyl (C=O) groups excluding carboxylic acids is 2. The first-order chi connectivity index (χ1) is 17.6. The van der Waals surface area contributed by atoms with Crippen molar-refractivity contribution in [1.82, 2.24) is 4.90 Å². The summed E-state index contributed by atoms with van der Waals surface area (Å²) in [4.78, 5) is 32.2. The van der Waals surface area contributed by atoms with Crippen LogP contribution in [0.3, 0.4) is 0 Å². The number of amides is 2. The SMILES string of the molecule is CCCOc1ccc(N2C(=O)CSC23C(=O)N(CN2CCC4(CC2)OCCO4)c2ccccc23)cc1. The molecule has 6 rings (SSSR count). The molecule has 190 valence electrons. The molecule has 0 N–H and O–H groups in total. The number of benzene rings is 2. The van der Waals surface area contributed by atoms with Crippen molar-refractivity contribution in [3.63, 3.8) is 0 Å². The average molecular weight is 510 g/mol. The predicted octanol–water partition coefficient (Wildman–Crippen LogP) is 3.55. The number of rotatable bonds is 6. The molecule has 4 aliphatic rings. The van der Waals surface area contributed by atoms with Gasteiger partial charge in [-0.2, -0.15) is 0 Å². The van der Waals surface area contributed by atoms with Gasteiger partial charge in [-0.15, -0.1) is 11.8 Å². The minimum atomic E-state index is -1.10. The second-order valence-electron chi connectivity index (χ2n) is 9.62. The number of piperidine rings is 1. The van der Waals surface area contributed by atoms with Gasteiger partial charge in [0.05, 0.1) is 37.9 Å². The van der Waals surface area contributed by atoms with Gasteiger partial charge < -0.3 is 14.2 Å².